The van der Waals surface area contributed by atoms with Crippen molar-refractivity contribution in [2.45, 2.75) is 6.42 Å². The van der Waals surface area contributed by atoms with Crippen molar-refractivity contribution in [3.05, 3.63) is 64.8 Å². The van der Waals surface area contributed by atoms with Crippen LogP contribution in [0.2, 0.25) is 0 Å². The number of ether oxygens (including phenoxy) is 1. The van der Waals surface area contributed by atoms with E-state index >= 15 is 0 Å². The number of hydrogen-bond acceptors (Lipinski definition) is 5. The predicted molar refractivity (Wildman–Crippen MR) is 91.7 cm³/mol. The van der Waals surface area contributed by atoms with E-state index in [9.17, 15) is 15.0 Å². The van der Waals surface area contributed by atoms with Crippen molar-refractivity contribution >= 4 is 11.0 Å². The molecule has 24 heavy (non-hydrogen) atoms. The molecule has 0 unspecified atom stereocenters. The Balaban J connectivity index is 2.32. The van der Waals surface area contributed by atoms with Gasteiger partial charge in [-0.05, 0) is 42.3 Å². The van der Waals surface area contributed by atoms with E-state index in [-0.39, 0.29) is 22.5 Å². The van der Waals surface area contributed by atoms with Crippen LogP contribution in [0.1, 0.15) is 5.56 Å². The average Bonchev–Trinajstić information content (AvgIpc) is 2.60. The van der Waals surface area contributed by atoms with Crippen LogP contribution < -0.4 is 10.2 Å². The highest BCUT2D eigenvalue weighted by Crippen LogP contribution is 2.35. The van der Waals surface area contributed by atoms with E-state index in [0.717, 1.165) is 0 Å². The van der Waals surface area contributed by atoms with Crippen molar-refractivity contribution in [1.29, 1.82) is 0 Å². The lowest BCUT2D eigenvalue weighted by atomic mass is 10.0. The van der Waals surface area contributed by atoms with E-state index in [1.807, 2.05) is 0 Å². The van der Waals surface area contributed by atoms with E-state index in [1.54, 1.807) is 43.5 Å². The molecule has 3 rings (SSSR count). The van der Waals surface area contributed by atoms with E-state index in [4.69, 9.17) is 9.15 Å². The zero-order chi connectivity index (χ0) is 17.3. The summed E-state index contributed by atoms with van der Waals surface area (Å²) in [5, 5.41) is 20.2. The van der Waals surface area contributed by atoms with E-state index in [1.165, 1.54) is 6.07 Å². The molecule has 0 atom stereocenters. The van der Waals surface area contributed by atoms with Crippen molar-refractivity contribution in [2.75, 3.05) is 7.11 Å². The second kappa shape index (κ2) is 6.12. The Labute approximate surface area is 138 Å². The van der Waals surface area contributed by atoms with Gasteiger partial charge in [0.15, 0.2) is 5.76 Å². The normalized spacial score (nSPS) is 10.7. The van der Waals surface area contributed by atoms with Gasteiger partial charge < -0.3 is 19.4 Å². The van der Waals surface area contributed by atoms with Gasteiger partial charge in [-0.25, -0.2) is 0 Å². The molecule has 0 aliphatic carbocycles. The summed E-state index contributed by atoms with van der Waals surface area (Å²) < 4.78 is 10.9. The van der Waals surface area contributed by atoms with Crippen LogP contribution in [-0.2, 0) is 6.42 Å². The number of methoxy groups -OCH3 is 1. The number of phenols is 1. The number of rotatable bonds is 4. The minimum absolute atomic E-state index is 0.0379. The first-order valence-electron chi connectivity index (χ1n) is 7.32. The van der Waals surface area contributed by atoms with Gasteiger partial charge in [0, 0.05) is 5.56 Å². The molecular weight excluding hydrogens is 308 g/mol. The fourth-order valence-corrected chi connectivity index (χ4v) is 2.58. The van der Waals surface area contributed by atoms with E-state index in [0.29, 0.717) is 23.3 Å². The van der Waals surface area contributed by atoms with Gasteiger partial charge in [0.2, 0.25) is 11.2 Å². The number of aromatic hydroxyl groups is 2. The molecule has 0 aliphatic heterocycles. The first-order valence-corrected chi connectivity index (χ1v) is 7.32. The van der Waals surface area contributed by atoms with Crippen LogP contribution in [0.4, 0.5) is 0 Å². The Morgan fingerprint density at radius 1 is 1.17 bits per heavy atom. The number of benzene rings is 2. The molecular formula is C19H16O5. The third-order valence-electron chi connectivity index (χ3n) is 3.80. The molecule has 0 radical (unpaired) electrons. The average molecular weight is 324 g/mol. The third-order valence-corrected chi connectivity index (χ3v) is 3.80. The third kappa shape index (κ3) is 2.50. The molecule has 0 saturated carbocycles. The topological polar surface area (TPSA) is 79.9 Å². The Kier molecular flexibility index (Phi) is 4.00. The van der Waals surface area contributed by atoms with E-state index < -0.39 is 11.2 Å². The molecule has 5 heteroatoms. The fourth-order valence-electron chi connectivity index (χ4n) is 2.58. The summed E-state index contributed by atoms with van der Waals surface area (Å²) >= 11 is 0. The summed E-state index contributed by atoms with van der Waals surface area (Å²) in [5.41, 5.74) is 0.791. The molecule has 2 N–H and O–H groups in total. The largest absolute Gasteiger partial charge is 0.507 e. The maximum absolute atomic E-state index is 12.5. The summed E-state index contributed by atoms with van der Waals surface area (Å²) in [7, 11) is 1.55. The highest BCUT2D eigenvalue weighted by atomic mass is 16.5. The molecule has 0 amide bonds. The van der Waals surface area contributed by atoms with Crippen LogP contribution in [0.3, 0.4) is 0 Å². The highest BCUT2D eigenvalue weighted by Gasteiger charge is 2.19. The van der Waals surface area contributed by atoms with Gasteiger partial charge in [-0.1, -0.05) is 12.1 Å². The van der Waals surface area contributed by atoms with Crippen molar-refractivity contribution in [2.24, 2.45) is 0 Å². The first kappa shape index (κ1) is 15.7. The molecule has 2 aromatic carbocycles. The molecule has 0 saturated heterocycles. The zero-order valence-electron chi connectivity index (χ0n) is 13.1. The van der Waals surface area contributed by atoms with Crippen molar-refractivity contribution in [1.82, 2.24) is 0 Å². The minimum atomic E-state index is -0.675. The molecule has 1 aromatic heterocycles. The molecule has 122 valence electrons. The molecule has 0 bridgehead atoms. The standard InChI is InChI=1S/C19H16O5/c1-3-4-11-7-10-14(20)15-16(21)17(22)19(24-18(11)15)12-5-8-13(23-2)9-6-12/h3,5-10,20,22H,1,4H2,2H3. The van der Waals surface area contributed by atoms with Crippen molar-refractivity contribution in [3.63, 3.8) is 0 Å². The first-order chi connectivity index (χ1) is 11.6. The van der Waals surface area contributed by atoms with Crippen LogP contribution in [0.5, 0.6) is 17.2 Å². The maximum Gasteiger partial charge on any atom is 0.238 e. The Morgan fingerprint density at radius 2 is 1.88 bits per heavy atom. The summed E-state index contributed by atoms with van der Waals surface area (Å²) in [6.07, 6.45) is 2.14. The number of hydrogen-bond donors (Lipinski definition) is 2. The SMILES string of the molecule is C=CCc1ccc(O)c2c(=O)c(O)c(-c3ccc(OC)cc3)oc12. The lowest BCUT2D eigenvalue weighted by molar-refractivity contribution is 0.414. The highest BCUT2D eigenvalue weighted by molar-refractivity contribution is 5.89. The molecule has 1 heterocycles. The van der Waals surface area contributed by atoms with E-state index in [2.05, 4.69) is 6.58 Å². The van der Waals surface area contributed by atoms with Crippen LogP contribution in [0.25, 0.3) is 22.3 Å². The van der Waals surface area contributed by atoms with Crippen LogP contribution in [0, 0.1) is 0 Å². The smallest absolute Gasteiger partial charge is 0.238 e. The molecule has 5 nitrogen and oxygen atoms in total. The Hall–Kier alpha value is -3.21. The molecule has 0 spiro atoms. The number of allylic oxidation sites excluding steroid dienone is 1. The fraction of sp³-hybridized carbons (Fsp3) is 0.105. The second-order valence-corrected chi connectivity index (χ2v) is 5.28. The van der Waals surface area contributed by atoms with Gasteiger partial charge >= 0.3 is 0 Å². The summed E-state index contributed by atoms with van der Waals surface area (Å²) in [5.74, 6) is -0.0840. The van der Waals surface area contributed by atoms with Crippen LogP contribution >= 0.6 is 0 Å². The monoisotopic (exact) mass is 324 g/mol. The summed E-state index contributed by atoms with van der Waals surface area (Å²) in [4.78, 5) is 12.5. The minimum Gasteiger partial charge on any atom is -0.507 e. The van der Waals surface area contributed by atoms with Gasteiger partial charge in [-0.15, -0.1) is 6.58 Å². The van der Waals surface area contributed by atoms with Gasteiger partial charge in [0.1, 0.15) is 22.5 Å². The molecule has 3 aromatic rings. The van der Waals surface area contributed by atoms with Gasteiger partial charge in [0.25, 0.3) is 0 Å². The van der Waals surface area contributed by atoms with Crippen molar-refractivity contribution < 1.29 is 19.4 Å². The Bertz CT molecular complexity index is 968. The lowest BCUT2D eigenvalue weighted by Crippen LogP contribution is -2.04. The lowest BCUT2D eigenvalue weighted by Gasteiger charge is -2.10. The Morgan fingerprint density at radius 3 is 2.50 bits per heavy atom. The van der Waals surface area contributed by atoms with Crippen LogP contribution in [-0.4, -0.2) is 17.3 Å². The second-order valence-electron chi connectivity index (χ2n) is 5.28. The quantitative estimate of drug-likeness (QED) is 0.717. The number of fused-ring (bicyclic) bond motifs is 1. The van der Waals surface area contributed by atoms with Crippen LogP contribution in [0.15, 0.2) is 58.3 Å². The van der Waals surface area contributed by atoms with Crippen molar-refractivity contribution in [3.8, 4) is 28.6 Å². The number of phenolic OH excluding ortho intramolecular Hbond substituents is 1. The molecule has 0 fully saturated rings. The van der Waals surface area contributed by atoms with Gasteiger partial charge in [0.05, 0.1) is 7.11 Å². The molecule has 0 aliphatic rings. The summed E-state index contributed by atoms with van der Waals surface area (Å²) in [6.45, 7) is 3.68. The summed E-state index contributed by atoms with van der Waals surface area (Å²) in [6, 6.07) is 9.83. The maximum atomic E-state index is 12.5. The van der Waals surface area contributed by atoms with Gasteiger partial charge in [-0.2, -0.15) is 0 Å². The zero-order valence-corrected chi connectivity index (χ0v) is 13.1. The predicted octanol–water partition coefficient (Wildman–Crippen LogP) is 3.61. The van der Waals surface area contributed by atoms with Gasteiger partial charge in [-0.3, -0.25) is 4.79 Å².